The van der Waals surface area contributed by atoms with Gasteiger partial charge >= 0.3 is 5.97 Å². The van der Waals surface area contributed by atoms with E-state index in [1.54, 1.807) is 11.8 Å². The van der Waals surface area contributed by atoms with Gasteiger partial charge in [0.25, 0.3) is 0 Å². The molecule has 0 aliphatic heterocycles. The van der Waals surface area contributed by atoms with Crippen LogP contribution in [-0.2, 0) is 4.79 Å². The van der Waals surface area contributed by atoms with Gasteiger partial charge in [-0.1, -0.05) is 18.2 Å². The van der Waals surface area contributed by atoms with E-state index in [1.807, 2.05) is 37.4 Å². The van der Waals surface area contributed by atoms with E-state index in [9.17, 15) is 4.79 Å². The van der Waals surface area contributed by atoms with Crippen molar-refractivity contribution in [3.8, 4) is 0 Å². The Hall–Kier alpha value is -1.22. The second kappa shape index (κ2) is 4.86. The summed E-state index contributed by atoms with van der Waals surface area (Å²) in [5, 5.41) is 8.63. The van der Waals surface area contributed by atoms with Crippen LogP contribution in [0.15, 0.2) is 35.2 Å². The Labute approximate surface area is 87.6 Å². The summed E-state index contributed by atoms with van der Waals surface area (Å²) in [5.74, 6) is -0.904. The van der Waals surface area contributed by atoms with Crippen molar-refractivity contribution >= 4 is 23.3 Å². The molecule has 1 aromatic carbocycles. The van der Waals surface area contributed by atoms with Crippen LogP contribution in [0.2, 0.25) is 0 Å². The highest BCUT2D eigenvalue weighted by Crippen LogP contribution is 2.25. The first-order chi connectivity index (χ1) is 6.65. The lowest BCUT2D eigenvalue weighted by Crippen LogP contribution is -1.91. The number of rotatable bonds is 3. The molecule has 0 unspecified atom stereocenters. The molecule has 1 N–H and O–H groups in total. The van der Waals surface area contributed by atoms with E-state index in [4.69, 9.17) is 5.11 Å². The fraction of sp³-hybridized carbons (Fsp3) is 0.182. The molecule has 0 aliphatic rings. The molecular formula is C11H12O2S. The maximum absolute atomic E-state index is 10.5. The molecule has 0 aromatic heterocycles. The summed E-state index contributed by atoms with van der Waals surface area (Å²) in [7, 11) is 0. The first kappa shape index (κ1) is 10.9. The number of allylic oxidation sites excluding steroid dienone is 1. The van der Waals surface area contributed by atoms with E-state index < -0.39 is 5.97 Å². The number of aliphatic carboxylic acids is 1. The van der Waals surface area contributed by atoms with Crippen molar-refractivity contribution in [3.05, 3.63) is 35.9 Å². The Morgan fingerprint density at radius 3 is 2.64 bits per heavy atom. The average molecular weight is 208 g/mol. The molecule has 0 spiro atoms. The summed E-state index contributed by atoms with van der Waals surface area (Å²) in [6.45, 7) is 1.81. The van der Waals surface area contributed by atoms with Crippen molar-refractivity contribution in [1.82, 2.24) is 0 Å². The Morgan fingerprint density at radius 1 is 1.43 bits per heavy atom. The van der Waals surface area contributed by atoms with Gasteiger partial charge in [-0.3, -0.25) is 0 Å². The zero-order valence-corrected chi connectivity index (χ0v) is 8.97. The second-order valence-corrected chi connectivity index (χ2v) is 3.71. The third-order valence-corrected chi connectivity index (χ3v) is 2.67. The lowest BCUT2D eigenvalue weighted by Gasteiger charge is -2.06. The number of benzene rings is 1. The summed E-state index contributed by atoms with van der Waals surface area (Å²) in [5.41, 5.74) is 1.77. The predicted octanol–water partition coefficient (Wildman–Crippen LogP) is 2.90. The van der Waals surface area contributed by atoms with Gasteiger partial charge in [0.1, 0.15) is 0 Å². The van der Waals surface area contributed by atoms with Crippen LogP contribution in [0.25, 0.3) is 5.57 Å². The zero-order chi connectivity index (χ0) is 10.6. The standard InChI is InChI=1S/C11H12O2S/c1-8(7-11(12)13)9-5-3-4-6-10(9)14-2/h3-7H,1-2H3,(H,12,13). The molecular weight excluding hydrogens is 196 g/mol. The SMILES string of the molecule is CSc1ccccc1C(C)=CC(=O)O. The van der Waals surface area contributed by atoms with E-state index in [-0.39, 0.29) is 0 Å². The van der Waals surface area contributed by atoms with Crippen LogP contribution in [-0.4, -0.2) is 17.3 Å². The van der Waals surface area contributed by atoms with Crippen LogP contribution in [0, 0.1) is 0 Å². The van der Waals surface area contributed by atoms with Crippen LogP contribution >= 0.6 is 11.8 Å². The van der Waals surface area contributed by atoms with Gasteiger partial charge in [-0.25, -0.2) is 4.79 Å². The minimum Gasteiger partial charge on any atom is -0.478 e. The highest BCUT2D eigenvalue weighted by Gasteiger charge is 2.03. The monoisotopic (exact) mass is 208 g/mol. The number of hydrogen-bond donors (Lipinski definition) is 1. The minimum absolute atomic E-state index is 0.780. The molecule has 1 rings (SSSR count). The van der Waals surface area contributed by atoms with Gasteiger partial charge < -0.3 is 5.11 Å². The lowest BCUT2D eigenvalue weighted by atomic mass is 10.1. The topological polar surface area (TPSA) is 37.3 Å². The number of carbonyl (C=O) groups is 1. The molecule has 3 heteroatoms. The molecule has 0 heterocycles. The molecule has 74 valence electrons. The smallest absolute Gasteiger partial charge is 0.328 e. The molecule has 14 heavy (non-hydrogen) atoms. The van der Waals surface area contributed by atoms with Crippen molar-refractivity contribution in [2.24, 2.45) is 0 Å². The van der Waals surface area contributed by atoms with Crippen LogP contribution in [0.3, 0.4) is 0 Å². The zero-order valence-electron chi connectivity index (χ0n) is 8.15. The number of carboxylic acid groups (broad SMARTS) is 1. The summed E-state index contributed by atoms with van der Waals surface area (Å²) in [6.07, 6.45) is 3.21. The predicted molar refractivity (Wildman–Crippen MR) is 59.5 cm³/mol. The van der Waals surface area contributed by atoms with E-state index in [0.717, 1.165) is 16.0 Å². The van der Waals surface area contributed by atoms with E-state index in [0.29, 0.717) is 0 Å². The maximum Gasteiger partial charge on any atom is 0.328 e. The highest BCUT2D eigenvalue weighted by atomic mass is 32.2. The van der Waals surface area contributed by atoms with E-state index >= 15 is 0 Å². The molecule has 0 saturated heterocycles. The third kappa shape index (κ3) is 2.64. The van der Waals surface area contributed by atoms with Crippen LogP contribution in [0.1, 0.15) is 12.5 Å². The van der Waals surface area contributed by atoms with Gasteiger partial charge in [-0.2, -0.15) is 0 Å². The van der Waals surface area contributed by atoms with Crippen LogP contribution in [0.4, 0.5) is 0 Å². The van der Waals surface area contributed by atoms with Crippen LogP contribution in [0.5, 0.6) is 0 Å². The Bertz CT molecular complexity index is 369. The second-order valence-electron chi connectivity index (χ2n) is 2.87. The quantitative estimate of drug-likeness (QED) is 0.613. The molecule has 1 aromatic rings. The van der Waals surface area contributed by atoms with Gasteiger partial charge in [0.15, 0.2) is 0 Å². The normalized spacial score (nSPS) is 11.4. The summed E-state index contributed by atoms with van der Waals surface area (Å²) >= 11 is 1.62. The maximum atomic E-state index is 10.5. The summed E-state index contributed by atoms with van der Waals surface area (Å²) < 4.78 is 0. The molecule has 2 nitrogen and oxygen atoms in total. The summed E-state index contributed by atoms with van der Waals surface area (Å²) in [6, 6.07) is 7.78. The van der Waals surface area contributed by atoms with Crippen molar-refractivity contribution in [3.63, 3.8) is 0 Å². The number of hydrogen-bond acceptors (Lipinski definition) is 2. The molecule has 0 radical (unpaired) electrons. The number of carboxylic acids is 1. The van der Waals surface area contributed by atoms with Gasteiger partial charge in [0, 0.05) is 11.0 Å². The molecule has 0 atom stereocenters. The molecule has 0 saturated carbocycles. The van der Waals surface area contributed by atoms with E-state index in [2.05, 4.69) is 0 Å². The van der Waals surface area contributed by atoms with Gasteiger partial charge in [-0.15, -0.1) is 11.8 Å². The molecule has 0 aliphatic carbocycles. The lowest BCUT2D eigenvalue weighted by molar-refractivity contribution is -0.131. The first-order valence-electron chi connectivity index (χ1n) is 4.19. The van der Waals surface area contributed by atoms with E-state index in [1.165, 1.54) is 6.08 Å². The van der Waals surface area contributed by atoms with Crippen LogP contribution < -0.4 is 0 Å². The fourth-order valence-electron chi connectivity index (χ4n) is 1.23. The summed E-state index contributed by atoms with van der Waals surface area (Å²) in [4.78, 5) is 11.6. The Kier molecular flexibility index (Phi) is 3.77. The van der Waals surface area contributed by atoms with Gasteiger partial charge in [-0.05, 0) is 30.4 Å². The minimum atomic E-state index is -0.904. The highest BCUT2D eigenvalue weighted by molar-refractivity contribution is 7.98. The molecule has 0 amide bonds. The molecule has 0 fully saturated rings. The number of thioether (sulfide) groups is 1. The Balaban J connectivity index is 3.11. The van der Waals surface area contributed by atoms with Crippen molar-refractivity contribution < 1.29 is 9.90 Å². The van der Waals surface area contributed by atoms with Crippen molar-refractivity contribution in [2.45, 2.75) is 11.8 Å². The van der Waals surface area contributed by atoms with Crippen molar-refractivity contribution in [2.75, 3.05) is 6.26 Å². The molecule has 0 bridgehead atoms. The van der Waals surface area contributed by atoms with Gasteiger partial charge in [0.2, 0.25) is 0 Å². The van der Waals surface area contributed by atoms with Gasteiger partial charge in [0.05, 0.1) is 0 Å². The average Bonchev–Trinajstić information content (AvgIpc) is 2.16. The largest absolute Gasteiger partial charge is 0.478 e. The Morgan fingerprint density at radius 2 is 2.07 bits per heavy atom. The third-order valence-electron chi connectivity index (χ3n) is 1.87. The fourth-order valence-corrected chi connectivity index (χ4v) is 1.90. The first-order valence-corrected chi connectivity index (χ1v) is 5.42. The van der Waals surface area contributed by atoms with Crippen molar-refractivity contribution in [1.29, 1.82) is 0 Å².